The van der Waals surface area contributed by atoms with Gasteiger partial charge in [0.2, 0.25) is 11.8 Å². The fraction of sp³-hybridized carbons (Fsp3) is 0.733. The molecule has 3 aliphatic heterocycles. The first-order valence-corrected chi connectivity index (χ1v) is 15.5. The zero-order valence-electron chi connectivity index (χ0n) is 26.7. The highest BCUT2D eigenvalue weighted by Gasteiger charge is 2.53. The predicted octanol–water partition coefficient (Wildman–Crippen LogP) is -4.41. The Hall–Kier alpha value is -2.40. The van der Waals surface area contributed by atoms with Crippen molar-refractivity contribution in [2.75, 3.05) is 26.9 Å². The summed E-state index contributed by atoms with van der Waals surface area (Å²) >= 11 is 0. The Balaban J connectivity index is 1.62. The van der Waals surface area contributed by atoms with E-state index in [1.165, 1.54) is 21.0 Å². The summed E-state index contributed by atoms with van der Waals surface area (Å²) in [6.45, 7) is 0.531. The molecular weight excluding hydrogens is 644 g/mol. The lowest BCUT2D eigenvalue weighted by Crippen LogP contribution is -2.68. The first-order chi connectivity index (χ1) is 22.9. The quantitative estimate of drug-likeness (QED) is 0.0946. The number of carbonyl (C=O) groups excluding carboxylic acids is 2. The van der Waals surface area contributed by atoms with Crippen molar-refractivity contribution in [3.8, 4) is 0 Å². The molecule has 0 spiro atoms. The van der Waals surface area contributed by atoms with Crippen LogP contribution in [-0.4, -0.2) is 166 Å². The van der Waals surface area contributed by atoms with Crippen LogP contribution in [0.4, 0.5) is 0 Å². The number of ether oxygens (including phenoxy) is 7. The Bertz CT molecular complexity index is 1170. The molecule has 3 saturated heterocycles. The lowest BCUT2D eigenvalue weighted by Gasteiger charge is -2.48. The Morgan fingerprint density at radius 1 is 0.688 bits per heavy atom. The number of hydrogen-bond donors (Lipinski definition) is 9. The highest BCUT2D eigenvalue weighted by molar-refractivity contribution is 5.73. The maximum Gasteiger partial charge on any atom is 0.217 e. The maximum absolute atomic E-state index is 12.4. The topological polar surface area (TPSA) is 264 Å². The molecule has 1 aromatic carbocycles. The molecule has 0 radical (unpaired) electrons. The third-order valence-corrected chi connectivity index (χ3v) is 8.36. The fourth-order valence-corrected chi connectivity index (χ4v) is 5.90. The Labute approximate surface area is 276 Å². The second-order valence-electron chi connectivity index (χ2n) is 11.8. The molecule has 18 nitrogen and oxygen atoms in total. The second-order valence-corrected chi connectivity index (χ2v) is 11.8. The summed E-state index contributed by atoms with van der Waals surface area (Å²) in [5.74, 6) is -1.13. The van der Waals surface area contributed by atoms with E-state index in [1.54, 1.807) is 24.3 Å². The molecule has 3 heterocycles. The van der Waals surface area contributed by atoms with Gasteiger partial charge in [-0.3, -0.25) is 9.59 Å². The van der Waals surface area contributed by atoms with E-state index in [0.29, 0.717) is 0 Å². The molecule has 18 heteroatoms. The first-order valence-electron chi connectivity index (χ1n) is 15.5. The SMILES string of the molecule is CO[C@H]1[C@@H](O)[C@@H](CO)O[C@@H](O[C@H]2[C@@H](O)[C@@H](CO[C@@H]3O[C@H](CO)[C@@H](O)[C@H](O)[C@H]3NC(C)=O)O[C@H](OCc3ccccc3)[C@@H]2NC(C)=O)[C@@H]1O. The molecule has 0 bridgehead atoms. The Morgan fingerprint density at radius 3 is 1.83 bits per heavy atom. The van der Waals surface area contributed by atoms with E-state index in [9.17, 15) is 45.3 Å². The lowest BCUT2D eigenvalue weighted by atomic mass is 9.95. The molecule has 0 unspecified atom stereocenters. The van der Waals surface area contributed by atoms with Crippen LogP contribution in [0.2, 0.25) is 0 Å². The maximum atomic E-state index is 12.4. The van der Waals surface area contributed by atoms with Gasteiger partial charge in [-0.1, -0.05) is 30.3 Å². The van der Waals surface area contributed by atoms with E-state index in [2.05, 4.69) is 10.6 Å². The van der Waals surface area contributed by atoms with Crippen molar-refractivity contribution in [3.63, 3.8) is 0 Å². The van der Waals surface area contributed by atoms with Gasteiger partial charge in [-0.2, -0.15) is 0 Å². The number of rotatable bonds is 13. The van der Waals surface area contributed by atoms with Gasteiger partial charge in [-0.25, -0.2) is 0 Å². The molecule has 272 valence electrons. The third-order valence-electron chi connectivity index (χ3n) is 8.36. The molecule has 1 aromatic rings. The van der Waals surface area contributed by atoms with E-state index >= 15 is 0 Å². The summed E-state index contributed by atoms with van der Waals surface area (Å²) in [7, 11) is 1.23. The fourth-order valence-electron chi connectivity index (χ4n) is 5.90. The highest BCUT2D eigenvalue weighted by atomic mass is 16.7. The Morgan fingerprint density at radius 2 is 1.23 bits per heavy atom. The molecule has 48 heavy (non-hydrogen) atoms. The number of aliphatic hydroxyl groups is 7. The minimum Gasteiger partial charge on any atom is -0.394 e. The van der Waals surface area contributed by atoms with Crippen LogP contribution in [0, 0.1) is 0 Å². The van der Waals surface area contributed by atoms with E-state index in [-0.39, 0.29) is 6.61 Å². The number of carbonyl (C=O) groups is 2. The number of methoxy groups -OCH3 is 1. The van der Waals surface area contributed by atoms with Crippen molar-refractivity contribution >= 4 is 11.8 Å². The van der Waals surface area contributed by atoms with Gasteiger partial charge in [0.1, 0.15) is 73.1 Å². The van der Waals surface area contributed by atoms with Crippen LogP contribution in [-0.2, 0) is 49.4 Å². The van der Waals surface area contributed by atoms with Crippen molar-refractivity contribution in [1.82, 2.24) is 10.6 Å². The van der Waals surface area contributed by atoms with E-state index in [0.717, 1.165) is 5.56 Å². The molecule has 0 saturated carbocycles. The highest BCUT2D eigenvalue weighted by Crippen LogP contribution is 2.32. The van der Waals surface area contributed by atoms with Crippen LogP contribution in [0.3, 0.4) is 0 Å². The van der Waals surface area contributed by atoms with E-state index < -0.39 is 124 Å². The molecule has 0 aliphatic carbocycles. The van der Waals surface area contributed by atoms with Crippen LogP contribution in [0.15, 0.2) is 30.3 Å². The number of benzene rings is 1. The number of hydrogen-bond acceptors (Lipinski definition) is 16. The van der Waals surface area contributed by atoms with Gasteiger partial charge < -0.3 is 79.5 Å². The standard InChI is InChI=1S/C30H46N2O16/c1-13(35)31-19-24(40)21(37)16(9-33)45-28(19)44-12-18-23(39)26(48-30-25(41)27(42-3)22(38)17(10-34)46-30)20(32-14(2)36)29(47-18)43-11-15-7-5-4-6-8-15/h4-8,16-30,33-34,37-41H,9-12H2,1-3H3,(H,31,35)(H,32,36)/t16-,17-,18-,19-,20-,21-,22+,23+,24-,25-,26-,27+,28-,29+,30+/m1/s1. The summed E-state index contributed by atoms with van der Waals surface area (Å²) < 4.78 is 40.5. The van der Waals surface area contributed by atoms with Crippen LogP contribution in [0.5, 0.6) is 0 Å². The monoisotopic (exact) mass is 690 g/mol. The van der Waals surface area contributed by atoms with Crippen molar-refractivity contribution < 1.29 is 78.5 Å². The summed E-state index contributed by atoms with van der Waals surface area (Å²) in [6.07, 6.45) is -18.7. The predicted molar refractivity (Wildman–Crippen MR) is 158 cm³/mol. The molecule has 3 fully saturated rings. The van der Waals surface area contributed by atoms with Gasteiger partial charge >= 0.3 is 0 Å². The van der Waals surface area contributed by atoms with Gasteiger partial charge in [0.25, 0.3) is 0 Å². The van der Waals surface area contributed by atoms with E-state index in [4.69, 9.17) is 33.2 Å². The Kier molecular flexibility index (Phi) is 14.0. The van der Waals surface area contributed by atoms with Crippen LogP contribution in [0.1, 0.15) is 19.4 Å². The summed E-state index contributed by atoms with van der Waals surface area (Å²) in [4.78, 5) is 24.2. The average molecular weight is 691 g/mol. The third kappa shape index (κ3) is 9.03. The minimum atomic E-state index is -1.65. The van der Waals surface area contributed by atoms with Gasteiger partial charge in [0, 0.05) is 21.0 Å². The van der Waals surface area contributed by atoms with Crippen molar-refractivity contribution in [3.05, 3.63) is 35.9 Å². The zero-order chi connectivity index (χ0) is 35.1. The zero-order valence-corrected chi connectivity index (χ0v) is 26.7. The van der Waals surface area contributed by atoms with Crippen LogP contribution in [0.25, 0.3) is 0 Å². The molecular formula is C30H46N2O16. The lowest BCUT2D eigenvalue weighted by molar-refractivity contribution is -0.351. The van der Waals surface area contributed by atoms with Crippen molar-refractivity contribution in [2.45, 2.75) is 112 Å². The number of aliphatic hydroxyl groups excluding tert-OH is 7. The average Bonchev–Trinajstić information content (AvgIpc) is 3.06. The number of amides is 2. The summed E-state index contributed by atoms with van der Waals surface area (Å²) in [6, 6.07) is 6.46. The smallest absolute Gasteiger partial charge is 0.217 e. The van der Waals surface area contributed by atoms with Crippen LogP contribution >= 0.6 is 0 Å². The van der Waals surface area contributed by atoms with Crippen molar-refractivity contribution in [2.24, 2.45) is 0 Å². The van der Waals surface area contributed by atoms with Gasteiger partial charge in [-0.15, -0.1) is 0 Å². The van der Waals surface area contributed by atoms with Crippen LogP contribution < -0.4 is 10.6 Å². The van der Waals surface area contributed by atoms with E-state index in [1.807, 2.05) is 6.07 Å². The van der Waals surface area contributed by atoms with Gasteiger partial charge in [0.15, 0.2) is 18.9 Å². The number of nitrogens with one attached hydrogen (secondary N) is 2. The second kappa shape index (κ2) is 17.5. The van der Waals surface area contributed by atoms with Crippen molar-refractivity contribution in [1.29, 1.82) is 0 Å². The molecule has 9 N–H and O–H groups in total. The molecule has 3 aliphatic rings. The largest absolute Gasteiger partial charge is 0.394 e. The summed E-state index contributed by atoms with van der Waals surface area (Å²) in [5, 5.41) is 78.6. The normalized spacial score (nSPS) is 40.2. The van der Waals surface area contributed by atoms with Gasteiger partial charge in [0.05, 0.1) is 26.4 Å². The minimum absolute atomic E-state index is 0.0103. The first kappa shape index (κ1) is 38.4. The van der Waals surface area contributed by atoms with Gasteiger partial charge in [-0.05, 0) is 5.56 Å². The molecule has 4 rings (SSSR count). The molecule has 2 amide bonds. The molecule has 0 aromatic heterocycles. The summed E-state index contributed by atoms with van der Waals surface area (Å²) in [5.41, 5.74) is 0.740. The molecule has 15 atom stereocenters.